The zero-order valence-corrected chi connectivity index (χ0v) is 21.6. The minimum absolute atomic E-state index is 0.0959. The van der Waals surface area contributed by atoms with Crippen LogP contribution in [0.5, 0.6) is 0 Å². The van der Waals surface area contributed by atoms with Crippen LogP contribution in [-0.4, -0.2) is 63.0 Å². The third-order valence-electron chi connectivity index (χ3n) is 5.79. The second kappa shape index (κ2) is 16.2. The number of hydrogen-bond acceptors (Lipinski definition) is 8. The van der Waals surface area contributed by atoms with Gasteiger partial charge < -0.3 is 18.9 Å². The number of hydrogen-bond donors (Lipinski definition) is 0. The van der Waals surface area contributed by atoms with Gasteiger partial charge in [-0.15, -0.1) is 5.10 Å². The normalized spacial score (nSPS) is 17.5. The van der Waals surface area contributed by atoms with Gasteiger partial charge in [0.25, 0.3) is 0 Å². The fraction of sp³-hybridized carbons (Fsp3) is 0.630. The van der Waals surface area contributed by atoms with Gasteiger partial charge in [-0.3, -0.25) is 4.79 Å². The van der Waals surface area contributed by atoms with Crippen LogP contribution in [-0.2, 0) is 35.0 Å². The van der Waals surface area contributed by atoms with Crippen LogP contribution in [0, 0.1) is 5.92 Å². The lowest BCUT2D eigenvalue weighted by Gasteiger charge is -2.28. The number of carbonyl (C=O) groups is 2. The van der Waals surface area contributed by atoms with E-state index in [1.807, 2.05) is 24.3 Å². The fourth-order valence-corrected chi connectivity index (χ4v) is 3.74. The van der Waals surface area contributed by atoms with Crippen LogP contribution in [0.4, 0.5) is 0 Å². The Morgan fingerprint density at radius 3 is 2.14 bits per heavy atom. The predicted octanol–water partition coefficient (Wildman–Crippen LogP) is 4.50. The summed E-state index contributed by atoms with van der Waals surface area (Å²) in [5, 5.41) is 8.30. The van der Waals surface area contributed by atoms with Crippen molar-refractivity contribution in [1.29, 1.82) is 0 Å². The number of aryl methyl sites for hydroxylation is 1. The van der Waals surface area contributed by atoms with E-state index in [4.69, 9.17) is 18.9 Å². The van der Waals surface area contributed by atoms with Gasteiger partial charge in [-0.2, -0.15) is 5.10 Å². The highest BCUT2D eigenvalue weighted by Gasteiger charge is 2.42. The predicted molar refractivity (Wildman–Crippen MR) is 136 cm³/mol. The monoisotopic (exact) mass is 488 g/mol. The standard InChI is InChI=1S/C27H40N2O6/c1-5-8-13-32-15-17-34-26(30)23-20(4)28-29-25(27(31)35-18-16-33-14-9-6-2)24(23)22-12-10-11-21(7-3)19-22/h10-12,19,23-24H,5-9,13-18H2,1-4H3. The number of carbonyl (C=O) groups excluding carboxylic acids is 2. The summed E-state index contributed by atoms with van der Waals surface area (Å²) in [6.07, 6.45) is 4.82. The summed E-state index contributed by atoms with van der Waals surface area (Å²) in [5.74, 6) is -2.49. The zero-order valence-electron chi connectivity index (χ0n) is 21.6. The van der Waals surface area contributed by atoms with Gasteiger partial charge >= 0.3 is 11.9 Å². The van der Waals surface area contributed by atoms with Crippen LogP contribution in [0.2, 0.25) is 0 Å². The van der Waals surface area contributed by atoms with Gasteiger partial charge in [0.05, 0.1) is 24.8 Å². The number of nitrogens with zero attached hydrogens (tertiary/aromatic N) is 2. The largest absolute Gasteiger partial charge is 0.463 e. The third-order valence-corrected chi connectivity index (χ3v) is 5.79. The Labute approximate surface area is 209 Å². The van der Waals surface area contributed by atoms with E-state index in [1.54, 1.807) is 6.92 Å². The summed E-state index contributed by atoms with van der Waals surface area (Å²) in [5.41, 5.74) is 2.48. The van der Waals surface area contributed by atoms with Crippen LogP contribution in [0.1, 0.15) is 70.4 Å². The quantitative estimate of drug-likeness (QED) is 0.251. The van der Waals surface area contributed by atoms with Crippen molar-refractivity contribution in [2.75, 3.05) is 39.6 Å². The maximum atomic E-state index is 13.2. The summed E-state index contributed by atoms with van der Waals surface area (Å²) in [6.45, 7) is 10.1. The molecule has 0 saturated heterocycles. The van der Waals surface area contributed by atoms with Crippen molar-refractivity contribution in [1.82, 2.24) is 0 Å². The minimum Gasteiger partial charge on any atom is -0.463 e. The number of ether oxygens (including phenoxy) is 4. The van der Waals surface area contributed by atoms with Crippen molar-refractivity contribution >= 4 is 23.4 Å². The first-order valence-electron chi connectivity index (χ1n) is 12.7. The first-order valence-corrected chi connectivity index (χ1v) is 12.7. The number of rotatable bonds is 16. The van der Waals surface area contributed by atoms with E-state index in [2.05, 4.69) is 31.0 Å². The highest BCUT2D eigenvalue weighted by atomic mass is 16.6. The molecule has 1 aliphatic heterocycles. The zero-order chi connectivity index (χ0) is 25.5. The molecule has 0 radical (unpaired) electrons. The van der Waals surface area contributed by atoms with Crippen LogP contribution in [0.25, 0.3) is 0 Å². The van der Waals surface area contributed by atoms with Crippen molar-refractivity contribution in [3.8, 4) is 0 Å². The lowest BCUT2D eigenvalue weighted by atomic mass is 9.78. The highest BCUT2D eigenvalue weighted by molar-refractivity contribution is 6.40. The molecule has 194 valence electrons. The van der Waals surface area contributed by atoms with Crippen molar-refractivity contribution in [3.63, 3.8) is 0 Å². The molecule has 0 aromatic heterocycles. The molecule has 1 aromatic carbocycles. The summed E-state index contributed by atoms with van der Waals surface area (Å²) < 4.78 is 21.9. The Kier molecular flexibility index (Phi) is 13.2. The second-order valence-corrected chi connectivity index (χ2v) is 8.52. The smallest absolute Gasteiger partial charge is 0.355 e. The van der Waals surface area contributed by atoms with E-state index in [9.17, 15) is 9.59 Å². The van der Waals surface area contributed by atoms with E-state index >= 15 is 0 Å². The van der Waals surface area contributed by atoms with E-state index in [0.717, 1.165) is 43.2 Å². The molecular weight excluding hydrogens is 448 g/mol. The molecule has 1 aliphatic rings. The van der Waals surface area contributed by atoms with Gasteiger partial charge in [0.15, 0.2) is 5.71 Å². The van der Waals surface area contributed by atoms with E-state index in [-0.39, 0.29) is 18.9 Å². The third kappa shape index (κ3) is 9.18. The average molecular weight is 489 g/mol. The van der Waals surface area contributed by atoms with Gasteiger partial charge in [0.1, 0.15) is 19.1 Å². The van der Waals surface area contributed by atoms with Crippen molar-refractivity contribution in [2.24, 2.45) is 16.1 Å². The van der Waals surface area contributed by atoms with Gasteiger partial charge in [0.2, 0.25) is 0 Å². The molecule has 1 aromatic rings. The van der Waals surface area contributed by atoms with E-state index in [1.165, 1.54) is 0 Å². The lowest BCUT2D eigenvalue weighted by Crippen LogP contribution is -2.40. The van der Waals surface area contributed by atoms with Gasteiger partial charge in [-0.25, -0.2) is 4.79 Å². The van der Waals surface area contributed by atoms with E-state index in [0.29, 0.717) is 32.1 Å². The van der Waals surface area contributed by atoms with Gasteiger partial charge in [-0.1, -0.05) is 57.9 Å². The minimum atomic E-state index is -0.779. The molecule has 0 aliphatic carbocycles. The molecule has 2 atom stereocenters. The van der Waals surface area contributed by atoms with Crippen molar-refractivity contribution < 1.29 is 28.5 Å². The van der Waals surface area contributed by atoms with Crippen LogP contribution in [0.15, 0.2) is 34.5 Å². The second-order valence-electron chi connectivity index (χ2n) is 8.52. The van der Waals surface area contributed by atoms with Crippen LogP contribution in [0.3, 0.4) is 0 Å². The topological polar surface area (TPSA) is 95.8 Å². The highest BCUT2D eigenvalue weighted by Crippen LogP contribution is 2.33. The molecule has 0 saturated carbocycles. The first-order chi connectivity index (χ1) is 17.0. The lowest BCUT2D eigenvalue weighted by molar-refractivity contribution is -0.148. The summed E-state index contributed by atoms with van der Waals surface area (Å²) in [6, 6.07) is 7.82. The maximum absolute atomic E-state index is 13.2. The molecule has 8 nitrogen and oxygen atoms in total. The Hall–Kier alpha value is -2.58. The molecule has 0 N–H and O–H groups in total. The Morgan fingerprint density at radius 1 is 0.857 bits per heavy atom. The maximum Gasteiger partial charge on any atom is 0.355 e. The number of esters is 2. The number of unbranched alkanes of at least 4 members (excludes halogenated alkanes) is 2. The summed E-state index contributed by atoms with van der Waals surface area (Å²) >= 11 is 0. The molecule has 2 rings (SSSR count). The Bertz CT molecular complexity index is 867. The molecule has 2 unspecified atom stereocenters. The van der Waals surface area contributed by atoms with Crippen LogP contribution < -0.4 is 0 Å². The molecule has 0 fully saturated rings. The Balaban J connectivity index is 2.17. The van der Waals surface area contributed by atoms with Crippen LogP contribution >= 0.6 is 0 Å². The molecule has 35 heavy (non-hydrogen) atoms. The molecular formula is C27H40N2O6. The molecule has 0 spiro atoms. The van der Waals surface area contributed by atoms with E-state index < -0.39 is 23.8 Å². The van der Waals surface area contributed by atoms with Gasteiger partial charge in [-0.05, 0) is 37.3 Å². The molecule has 0 amide bonds. The van der Waals surface area contributed by atoms with Crippen molar-refractivity contribution in [3.05, 3.63) is 35.4 Å². The number of benzene rings is 1. The SMILES string of the molecule is CCCCOCCOC(=O)C1=NN=C(C)C(C(=O)OCCOCCCC)C1c1cccc(CC)c1. The molecule has 0 bridgehead atoms. The van der Waals surface area contributed by atoms with Crippen molar-refractivity contribution in [2.45, 2.75) is 65.7 Å². The summed E-state index contributed by atoms with van der Waals surface area (Å²) in [7, 11) is 0. The molecule has 8 heteroatoms. The Morgan fingerprint density at radius 2 is 1.51 bits per heavy atom. The summed E-state index contributed by atoms with van der Waals surface area (Å²) in [4.78, 5) is 26.2. The van der Waals surface area contributed by atoms with Gasteiger partial charge in [0, 0.05) is 13.2 Å². The fourth-order valence-electron chi connectivity index (χ4n) is 3.74. The molecule has 1 heterocycles. The average Bonchev–Trinajstić information content (AvgIpc) is 2.87. The first kappa shape index (κ1) is 28.7.